The third-order valence-electron chi connectivity index (χ3n) is 3.14. The van der Waals surface area contributed by atoms with Crippen molar-refractivity contribution in [3.63, 3.8) is 0 Å². The Morgan fingerprint density at radius 1 is 1.32 bits per heavy atom. The maximum Gasteiger partial charge on any atom is 0.255 e. The molecule has 0 saturated carbocycles. The Hall–Kier alpha value is -2.20. The molecule has 0 unspecified atom stereocenters. The van der Waals surface area contributed by atoms with E-state index in [1.165, 1.54) is 0 Å². The largest absolute Gasteiger partial charge is 0.325 e. The van der Waals surface area contributed by atoms with Crippen molar-refractivity contribution in [2.45, 2.75) is 20.4 Å². The fourth-order valence-corrected chi connectivity index (χ4v) is 1.81. The molecule has 3 N–H and O–H groups in total. The van der Waals surface area contributed by atoms with Crippen LogP contribution in [-0.4, -0.2) is 10.9 Å². The van der Waals surface area contributed by atoms with Gasteiger partial charge in [0.15, 0.2) is 0 Å². The van der Waals surface area contributed by atoms with Crippen molar-refractivity contribution in [3.8, 4) is 0 Å². The molecule has 1 aromatic heterocycles. The first-order valence-corrected chi connectivity index (χ1v) is 6.14. The summed E-state index contributed by atoms with van der Waals surface area (Å²) in [5.41, 5.74) is 9.84. The van der Waals surface area contributed by atoms with Gasteiger partial charge < -0.3 is 11.1 Å². The summed E-state index contributed by atoms with van der Waals surface area (Å²) >= 11 is 0. The quantitative estimate of drug-likeness (QED) is 0.885. The van der Waals surface area contributed by atoms with Crippen LogP contribution in [-0.2, 0) is 6.54 Å². The first-order chi connectivity index (χ1) is 9.11. The summed E-state index contributed by atoms with van der Waals surface area (Å²) in [7, 11) is 0. The van der Waals surface area contributed by atoms with E-state index in [0.29, 0.717) is 17.8 Å². The molecule has 2 rings (SSSR count). The van der Waals surface area contributed by atoms with Crippen LogP contribution in [0.1, 0.15) is 27.2 Å². The number of hydrogen-bond acceptors (Lipinski definition) is 3. The van der Waals surface area contributed by atoms with Crippen molar-refractivity contribution in [2.75, 3.05) is 5.32 Å². The van der Waals surface area contributed by atoms with E-state index in [0.717, 1.165) is 16.8 Å². The lowest BCUT2D eigenvalue weighted by atomic mass is 10.1. The van der Waals surface area contributed by atoms with Crippen LogP contribution in [0.2, 0.25) is 0 Å². The molecule has 98 valence electrons. The molecule has 19 heavy (non-hydrogen) atoms. The summed E-state index contributed by atoms with van der Waals surface area (Å²) in [6.07, 6.45) is 1.60. The van der Waals surface area contributed by atoms with Gasteiger partial charge >= 0.3 is 0 Å². The maximum absolute atomic E-state index is 12.2. The highest BCUT2D eigenvalue weighted by molar-refractivity contribution is 6.04. The number of carbonyl (C=O) groups is 1. The second kappa shape index (κ2) is 5.63. The molecule has 0 saturated heterocycles. The van der Waals surface area contributed by atoms with Gasteiger partial charge in [-0.3, -0.25) is 9.78 Å². The molecule has 2 aromatic rings. The number of aromatic nitrogens is 1. The maximum atomic E-state index is 12.2. The predicted octanol–water partition coefficient (Wildman–Crippen LogP) is 2.41. The second-order valence-electron chi connectivity index (χ2n) is 4.44. The van der Waals surface area contributed by atoms with Crippen LogP contribution in [0.3, 0.4) is 0 Å². The lowest BCUT2D eigenvalue weighted by molar-refractivity contribution is 0.102. The van der Waals surface area contributed by atoms with Gasteiger partial charge in [0.1, 0.15) is 0 Å². The fraction of sp³-hybridized carbons (Fsp3) is 0.200. The lowest BCUT2D eigenvalue weighted by Crippen LogP contribution is -2.14. The smallest absolute Gasteiger partial charge is 0.255 e. The van der Waals surface area contributed by atoms with Gasteiger partial charge in [-0.1, -0.05) is 12.1 Å². The standard InChI is InChI=1S/C15H17N3O/c1-10-4-3-5-14(11(10)2)18-15(19)12-6-7-17-13(8-12)9-16/h3-8H,9,16H2,1-2H3,(H,18,19). The molecule has 1 aromatic carbocycles. The highest BCUT2D eigenvalue weighted by atomic mass is 16.1. The Bertz CT molecular complexity index is 608. The minimum atomic E-state index is -0.147. The number of hydrogen-bond donors (Lipinski definition) is 2. The highest BCUT2D eigenvalue weighted by Gasteiger charge is 2.09. The topological polar surface area (TPSA) is 68.0 Å². The highest BCUT2D eigenvalue weighted by Crippen LogP contribution is 2.18. The fourth-order valence-electron chi connectivity index (χ4n) is 1.81. The van der Waals surface area contributed by atoms with E-state index in [-0.39, 0.29) is 5.91 Å². The monoisotopic (exact) mass is 255 g/mol. The number of rotatable bonds is 3. The molecular weight excluding hydrogens is 238 g/mol. The lowest BCUT2D eigenvalue weighted by Gasteiger charge is -2.10. The molecule has 1 amide bonds. The van der Waals surface area contributed by atoms with Crippen LogP contribution in [0.25, 0.3) is 0 Å². The normalized spacial score (nSPS) is 10.3. The van der Waals surface area contributed by atoms with Gasteiger partial charge in [0.05, 0.1) is 5.69 Å². The molecule has 0 bridgehead atoms. The zero-order valence-electron chi connectivity index (χ0n) is 11.1. The van der Waals surface area contributed by atoms with Crippen LogP contribution < -0.4 is 11.1 Å². The number of nitrogens with two attached hydrogens (primary N) is 1. The van der Waals surface area contributed by atoms with Crippen molar-refractivity contribution in [2.24, 2.45) is 5.73 Å². The summed E-state index contributed by atoms with van der Waals surface area (Å²) < 4.78 is 0. The summed E-state index contributed by atoms with van der Waals surface area (Å²) in [5.74, 6) is -0.147. The average molecular weight is 255 g/mol. The van der Waals surface area contributed by atoms with Gasteiger partial charge in [-0.2, -0.15) is 0 Å². The average Bonchev–Trinajstić information content (AvgIpc) is 2.44. The summed E-state index contributed by atoms with van der Waals surface area (Å²) in [6.45, 7) is 4.33. The van der Waals surface area contributed by atoms with Crippen molar-refractivity contribution in [1.82, 2.24) is 4.98 Å². The minimum absolute atomic E-state index is 0.147. The number of nitrogens with one attached hydrogen (secondary N) is 1. The van der Waals surface area contributed by atoms with Crippen LogP contribution >= 0.6 is 0 Å². The molecule has 0 aliphatic rings. The van der Waals surface area contributed by atoms with E-state index in [9.17, 15) is 4.79 Å². The van der Waals surface area contributed by atoms with Gasteiger partial charge in [-0.15, -0.1) is 0 Å². The van der Waals surface area contributed by atoms with Crippen LogP contribution in [0, 0.1) is 13.8 Å². The van der Waals surface area contributed by atoms with E-state index in [1.54, 1.807) is 18.3 Å². The number of aryl methyl sites for hydroxylation is 1. The van der Waals surface area contributed by atoms with Crippen molar-refractivity contribution in [3.05, 3.63) is 58.9 Å². The van der Waals surface area contributed by atoms with E-state index in [1.807, 2.05) is 32.0 Å². The van der Waals surface area contributed by atoms with E-state index in [2.05, 4.69) is 10.3 Å². The van der Waals surface area contributed by atoms with Crippen LogP contribution in [0.4, 0.5) is 5.69 Å². The Labute approximate surface area is 112 Å². The molecule has 0 atom stereocenters. The van der Waals surface area contributed by atoms with Gasteiger partial charge in [-0.25, -0.2) is 0 Å². The third-order valence-corrected chi connectivity index (χ3v) is 3.14. The zero-order chi connectivity index (χ0) is 13.8. The van der Waals surface area contributed by atoms with Crippen LogP contribution in [0.5, 0.6) is 0 Å². The summed E-state index contributed by atoms with van der Waals surface area (Å²) in [5, 5.41) is 2.91. The zero-order valence-corrected chi connectivity index (χ0v) is 11.1. The van der Waals surface area contributed by atoms with Crippen molar-refractivity contribution in [1.29, 1.82) is 0 Å². The number of anilines is 1. The van der Waals surface area contributed by atoms with E-state index < -0.39 is 0 Å². The minimum Gasteiger partial charge on any atom is -0.325 e. The number of carbonyl (C=O) groups excluding carboxylic acids is 1. The van der Waals surface area contributed by atoms with Gasteiger partial charge in [0.25, 0.3) is 5.91 Å². The number of nitrogens with zero attached hydrogens (tertiary/aromatic N) is 1. The first kappa shape index (κ1) is 13.2. The molecule has 0 spiro atoms. The van der Waals surface area contributed by atoms with Crippen molar-refractivity contribution >= 4 is 11.6 Å². The SMILES string of the molecule is Cc1cccc(NC(=O)c2ccnc(CN)c2)c1C. The molecular formula is C15H17N3O. The van der Waals surface area contributed by atoms with Crippen molar-refractivity contribution < 1.29 is 4.79 Å². The van der Waals surface area contributed by atoms with E-state index >= 15 is 0 Å². The van der Waals surface area contributed by atoms with Gasteiger partial charge in [-0.05, 0) is 43.2 Å². The predicted molar refractivity (Wildman–Crippen MR) is 76.0 cm³/mol. The molecule has 4 heteroatoms. The Morgan fingerprint density at radius 3 is 2.84 bits per heavy atom. The molecule has 0 aliphatic heterocycles. The summed E-state index contributed by atoms with van der Waals surface area (Å²) in [6, 6.07) is 9.23. The van der Waals surface area contributed by atoms with Crippen LogP contribution in [0.15, 0.2) is 36.5 Å². The molecule has 0 radical (unpaired) electrons. The van der Waals surface area contributed by atoms with Gasteiger partial charge in [0, 0.05) is 24.0 Å². The summed E-state index contributed by atoms with van der Waals surface area (Å²) in [4.78, 5) is 16.2. The number of pyridine rings is 1. The molecule has 0 aliphatic carbocycles. The van der Waals surface area contributed by atoms with Gasteiger partial charge in [0.2, 0.25) is 0 Å². The second-order valence-corrected chi connectivity index (χ2v) is 4.44. The molecule has 4 nitrogen and oxygen atoms in total. The Balaban J connectivity index is 2.23. The van der Waals surface area contributed by atoms with E-state index in [4.69, 9.17) is 5.73 Å². The Kier molecular flexibility index (Phi) is 3.92. The Morgan fingerprint density at radius 2 is 2.11 bits per heavy atom. The first-order valence-electron chi connectivity index (χ1n) is 6.14. The molecule has 0 fully saturated rings. The number of benzene rings is 1. The molecule has 1 heterocycles. The number of amides is 1. The third kappa shape index (κ3) is 2.98.